The number of halogens is 2. The molecule has 0 amide bonds. The molecule has 1 atom stereocenters. The Morgan fingerprint density at radius 2 is 2.25 bits per heavy atom. The van der Waals surface area contributed by atoms with E-state index < -0.39 is 0 Å². The summed E-state index contributed by atoms with van der Waals surface area (Å²) in [5, 5.41) is 0.711. The summed E-state index contributed by atoms with van der Waals surface area (Å²) in [6.45, 7) is 3.58. The van der Waals surface area contributed by atoms with Gasteiger partial charge in [0.2, 0.25) is 0 Å². The molecule has 1 heterocycles. The van der Waals surface area contributed by atoms with Crippen LogP contribution in [0.15, 0.2) is 22.7 Å². The van der Waals surface area contributed by atoms with Gasteiger partial charge in [-0.25, -0.2) is 0 Å². The molecule has 1 aromatic rings. The lowest BCUT2D eigenvalue weighted by Crippen LogP contribution is -2.42. The molecular weight excluding hydrogens is 340 g/mol. The Morgan fingerprint density at radius 1 is 1.40 bits per heavy atom. The number of piperidine rings is 1. The molecule has 0 bridgehead atoms. The third kappa shape index (κ3) is 4.62. The third-order valence-corrected chi connectivity index (χ3v) is 4.63. The van der Waals surface area contributed by atoms with Crippen LogP contribution in [0.2, 0.25) is 5.02 Å². The van der Waals surface area contributed by atoms with Crippen LogP contribution in [0.1, 0.15) is 25.7 Å². The van der Waals surface area contributed by atoms with E-state index in [1.807, 2.05) is 18.2 Å². The van der Waals surface area contributed by atoms with E-state index in [0.717, 1.165) is 36.3 Å². The Morgan fingerprint density at radius 3 is 3.00 bits per heavy atom. The fraction of sp³-hybridized carbons (Fsp3) is 0.600. The van der Waals surface area contributed by atoms with E-state index in [1.165, 1.54) is 19.3 Å². The largest absolute Gasteiger partial charge is 0.491 e. The molecule has 0 aromatic heterocycles. The average Bonchev–Trinajstić information content (AvgIpc) is 2.43. The summed E-state index contributed by atoms with van der Waals surface area (Å²) in [7, 11) is 0. The van der Waals surface area contributed by atoms with Gasteiger partial charge >= 0.3 is 0 Å². The molecule has 112 valence electrons. The normalized spacial score (nSPS) is 20.1. The van der Waals surface area contributed by atoms with Crippen molar-refractivity contribution in [1.82, 2.24) is 4.90 Å². The summed E-state index contributed by atoms with van der Waals surface area (Å²) in [4.78, 5) is 2.51. The van der Waals surface area contributed by atoms with Gasteiger partial charge in [0.05, 0.1) is 4.47 Å². The Labute approximate surface area is 134 Å². The van der Waals surface area contributed by atoms with E-state index in [4.69, 9.17) is 22.1 Å². The third-order valence-electron chi connectivity index (χ3n) is 3.78. The van der Waals surface area contributed by atoms with Crippen molar-refractivity contribution >= 4 is 27.5 Å². The van der Waals surface area contributed by atoms with Crippen LogP contribution in [0.4, 0.5) is 0 Å². The second kappa shape index (κ2) is 8.23. The van der Waals surface area contributed by atoms with E-state index in [-0.39, 0.29) is 0 Å². The summed E-state index contributed by atoms with van der Waals surface area (Å²) >= 11 is 9.39. The zero-order chi connectivity index (χ0) is 14.4. The first kappa shape index (κ1) is 16.1. The van der Waals surface area contributed by atoms with Gasteiger partial charge < -0.3 is 10.5 Å². The van der Waals surface area contributed by atoms with Crippen molar-refractivity contribution in [1.29, 1.82) is 0 Å². The molecule has 0 saturated carbocycles. The smallest absolute Gasteiger partial charge is 0.133 e. The molecule has 1 saturated heterocycles. The van der Waals surface area contributed by atoms with Crippen LogP contribution in [-0.4, -0.2) is 37.2 Å². The first-order valence-electron chi connectivity index (χ1n) is 7.22. The molecule has 5 heteroatoms. The fourth-order valence-corrected chi connectivity index (χ4v) is 3.54. The number of likely N-dealkylation sites (tertiary alicyclic amines) is 1. The monoisotopic (exact) mass is 360 g/mol. The molecule has 2 rings (SSSR count). The summed E-state index contributed by atoms with van der Waals surface area (Å²) in [5.74, 6) is 0.849. The highest BCUT2D eigenvalue weighted by Crippen LogP contribution is 2.28. The highest BCUT2D eigenvalue weighted by molar-refractivity contribution is 9.10. The molecule has 20 heavy (non-hydrogen) atoms. The predicted octanol–water partition coefficient (Wildman–Crippen LogP) is 3.68. The zero-order valence-corrected chi connectivity index (χ0v) is 14.0. The Balaban J connectivity index is 1.82. The van der Waals surface area contributed by atoms with Crippen LogP contribution >= 0.6 is 27.5 Å². The lowest BCUT2D eigenvalue weighted by Gasteiger charge is -2.35. The summed E-state index contributed by atoms with van der Waals surface area (Å²) in [5.41, 5.74) is 5.70. The van der Waals surface area contributed by atoms with E-state index in [9.17, 15) is 0 Å². The molecular formula is C15H22BrClN2O. The lowest BCUT2D eigenvalue weighted by molar-refractivity contribution is 0.118. The molecule has 0 aliphatic carbocycles. The topological polar surface area (TPSA) is 38.5 Å². The van der Waals surface area contributed by atoms with Gasteiger partial charge in [-0.1, -0.05) is 18.0 Å². The number of hydrogen-bond acceptors (Lipinski definition) is 3. The molecule has 1 aromatic carbocycles. The number of nitrogens with two attached hydrogens (primary N) is 1. The summed E-state index contributed by atoms with van der Waals surface area (Å²) in [6.07, 6.45) is 4.96. The lowest BCUT2D eigenvalue weighted by atomic mass is 9.99. The van der Waals surface area contributed by atoms with Crippen molar-refractivity contribution in [3.05, 3.63) is 27.7 Å². The molecule has 1 aliphatic heterocycles. The van der Waals surface area contributed by atoms with Crippen LogP contribution in [0.5, 0.6) is 5.75 Å². The van der Waals surface area contributed by atoms with Gasteiger partial charge in [0.25, 0.3) is 0 Å². The summed E-state index contributed by atoms with van der Waals surface area (Å²) < 4.78 is 6.75. The highest BCUT2D eigenvalue weighted by atomic mass is 79.9. The SMILES string of the molecule is NCCC1CCCCN1CCOc1ccc(Cl)cc1Br. The van der Waals surface area contributed by atoms with Crippen molar-refractivity contribution in [3.8, 4) is 5.75 Å². The number of hydrogen-bond donors (Lipinski definition) is 1. The fourth-order valence-electron chi connectivity index (χ4n) is 2.74. The maximum Gasteiger partial charge on any atom is 0.133 e. The van der Waals surface area contributed by atoms with Crippen molar-refractivity contribution in [2.45, 2.75) is 31.7 Å². The quantitative estimate of drug-likeness (QED) is 0.840. The van der Waals surface area contributed by atoms with Crippen molar-refractivity contribution in [2.24, 2.45) is 5.73 Å². The molecule has 1 fully saturated rings. The second-order valence-electron chi connectivity index (χ2n) is 5.19. The molecule has 0 radical (unpaired) electrons. The molecule has 3 nitrogen and oxygen atoms in total. The van der Waals surface area contributed by atoms with E-state index in [0.29, 0.717) is 17.7 Å². The van der Waals surface area contributed by atoms with Crippen LogP contribution in [-0.2, 0) is 0 Å². The maximum absolute atomic E-state index is 5.92. The van der Waals surface area contributed by atoms with Crippen LogP contribution in [0.3, 0.4) is 0 Å². The van der Waals surface area contributed by atoms with Crippen molar-refractivity contribution < 1.29 is 4.74 Å². The van der Waals surface area contributed by atoms with Gasteiger partial charge in [0.1, 0.15) is 12.4 Å². The van der Waals surface area contributed by atoms with Crippen molar-refractivity contribution in [2.75, 3.05) is 26.2 Å². The minimum Gasteiger partial charge on any atom is -0.491 e. The Bertz CT molecular complexity index is 428. The van der Waals surface area contributed by atoms with Crippen LogP contribution in [0.25, 0.3) is 0 Å². The van der Waals surface area contributed by atoms with Gasteiger partial charge in [0.15, 0.2) is 0 Å². The number of rotatable bonds is 6. The first-order valence-corrected chi connectivity index (χ1v) is 8.40. The van der Waals surface area contributed by atoms with E-state index >= 15 is 0 Å². The Hall–Kier alpha value is -0.290. The number of ether oxygens (including phenoxy) is 1. The standard InChI is InChI=1S/C15H22BrClN2O/c16-14-11-12(17)4-5-15(14)20-10-9-19-8-2-1-3-13(19)6-7-18/h4-5,11,13H,1-3,6-10,18H2. The zero-order valence-electron chi connectivity index (χ0n) is 11.7. The van der Waals surface area contributed by atoms with Gasteiger partial charge in [-0.2, -0.15) is 0 Å². The van der Waals surface area contributed by atoms with E-state index in [2.05, 4.69) is 20.8 Å². The minimum absolute atomic E-state index is 0.631. The van der Waals surface area contributed by atoms with E-state index in [1.54, 1.807) is 0 Å². The van der Waals surface area contributed by atoms with Crippen molar-refractivity contribution in [3.63, 3.8) is 0 Å². The van der Waals surface area contributed by atoms with Gasteiger partial charge in [-0.15, -0.1) is 0 Å². The predicted molar refractivity (Wildman–Crippen MR) is 87.5 cm³/mol. The Kier molecular flexibility index (Phi) is 6.62. The molecule has 0 spiro atoms. The number of benzene rings is 1. The number of nitrogens with zero attached hydrogens (tertiary/aromatic N) is 1. The van der Waals surface area contributed by atoms with Gasteiger partial charge in [0, 0.05) is 17.6 Å². The highest BCUT2D eigenvalue weighted by Gasteiger charge is 2.21. The van der Waals surface area contributed by atoms with Crippen LogP contribution < -0.4 is 10.5 Å². The maximum atomic E-state index is 5.92. The van der Waals surface area contributed by atoms with Crippen LogP contribution in [0, 0.1) is 0 Å². The second-order valence-corrected chi connectivity index (χ2v) is 6.48. The molecule has 1 aliphatic rings. The molecule has 1 unspecified atom stereocenters. The average molecular weight is 362 g/mol. The summed E-state index contributed by atoms with van der Waals surface area (Å²) in [6, 6.07) is 6.24. The van der Waals surface area contributed by atoms with Gasteiger partial charge in [-0.3, -0.25) is 4.90 Å². The van der Waals surface area contributed by atoms with Gasteiger partial charge in [-0.05, 0) is 66.5 Å². The molecule has 2 N–H and O–H groups in total. The minimum atomic E-state index is 0.631. The first-order chi connectivity index (χ1) is 9.70.